The number of carbonyl (C=O) groups excluding carboxylic acids is 5. The van der Waals surface area contributed by atoms with Crippen LogP contribution >= 0.6 is 0 Å². The largest absolute Gasteiger partial charge is 0.462 e. The second-order valence-electron chi connectivity index (χ2n) is 8.23. The Morgan fingerprint density at radius 3 is 2.14 bits per heavy atom. The molecule has 1 aromatic carbocycles. The predicted molar refractivity (Wildman–Crippen MR) is 126 cm³/mol. The summed E-state index contributed by atoms with van der Waals surface area (Å²) >= 11 is 0. The summed E-state index contributed by atoms with van der Waals surface area (Å²) in [5.41, 5.74) is 1.16. The molecule has 1 unspecified atom stereocenters. The van der Waals surface area contributed by atoms with Crippen LogP contribution in [-0.4, -0.2) is 48.8 Å². The van der Waals surface area contributed by atoms with Gasteiger partial charge < -0.3 is 19.2 Å². The van der Waals surface area contributed by atoms with Crippen LogP contribution in [0.4, 0.5) is 5.88 Å². The minimum absolute atomic E-state index is 0.00515. The van der Waals surface area contributed by atoms with Gasteiger partial charge in [-0.25, -0.2) is 9.59 Å². The topological polar surface area (TPSA) is 141 Å². The molecule has 0 fully saturated rings. The van der Waals surface area contributed by atoms with Gasteiger partial charge in [0.15, 0.2) is 12.4 Å². The molecule has 0 saturated carbocycles. The van der Waals surface area contributed by atoms with Crippen LogP contribution in [0.25, 0.3) is 0 Å². The van der Waals surface area contributed by atoms with E-state index in [9.17, 15) is 24.0 Å². The second kappa shape index (κ2) is 12.0. The number of amides is 2. The number of aryl methyl sites for hydroxylation is 2. The summed E-state index contributed by atoms with van der Waals surface area (Å²) in [6.45, 7) is 9.00. The van der Waals surface area contributed by atoms with Gasteiger partial charge in [0.1, 0.15) is 17.4 Å². The molecule has 1 aromatic heterocycles. The first kappa shape index (κ1) is 27.3. The van der Waals surface area contributed by atoms with E-state index >= 15 is 0 Å². The lowest BCUT2D eigenvalue weighted by atomic mass is 10.0. The Morgan fingerprint density at radius 1 is 0.971 bits per heavy atom. The molecule has 10 nitrogen and oxygen atoms in total. The number of nitrogens with one attached hydrogen (secondary N) is 2. The van der Waals surface area contributed by atoms with Crippen LogP contribution in [0.2, 0.25) is 0 Å². The Labute approximate surface area is 203 Å². The average molecular weight is 487 g/mol. The number of furan rings is 1. The highest BCUT2D eigenvalue weighted by atomic mass is 16.5. The quantitative estimate of drug-likeness (QED) is 0.385. The fourth-order valence-corrected chi connectivity index (χ4v) is 3.27. The maximum atomic E-state index is 12.6. The van der Waals surface area contributed by atoms with Crippen molar-refractivity contribution in [1.29, 1.82) is 0 Å². The fraction of sp³-hybridized carbons (Fsp3) is 0.400. The molecular formula is C25H30N2O8. The Hall–Kier alpha value is -3.95. The number of benzene rings is 1. The number of esters is 2. The van der Waals surface area contributed by atoms with Gasteiger partial charge in [-0.3, -0.25) is 19.7 Å². The van der Waals surface area contributed by atoms with E-state index in [2.05, 4.69) is 10.6 Å². The van der Waals surface area contributed by atoms with Gasteiger partial charge >= 0.3 is 11.9 Å². The molecule has 0 aliphatic heterocycles. The molecule has 10 heteroatoms. The lowest BCUT2D eigenvalue weighted by Gasteiger charge is -2.20. The van der Waals surface area contributed by atoms with Gasteiger partial charge in [0.2, 0.25) is 5.88 Å². The molecule has 0 aliphatic rings. The molecule has 1 heterocycles. The van der Waals surface area contributed by atoms with E-state index in [1.54, 1.807) is 45.0 Å². The molecule has 2 amide bonds. The Balaban J connectivity index is 2.08. The van der Waals surface area contributed by atoms with E-state index in [0.717, 1.165) is 5.56 Å². The molecule has 0 aliphatic carbocycles. The van der Waals surface area contributed by atoms with Crippen LogP contribution in [0.5, 0.6) is 0 Å². The standard InChI is InChI=1S/C25H30N2O8/c1-7-33-24(31)20-19(15(5)28)16(6)35-23(20)26-18(29)12-34-25(32)21(13(2)3)27-22(30)17-10-8-14(4)9-11-17/h8-11,13,21H,7,12H2,1-6H3,(H,26,29)(H,27,30). The molecular weight excluding hydrogens is 456 g/mol. The SMILES string of the molecule is CCOC(=O)c1c(NC(=O)COC(=O)C(NC(=O)c2ccc(C)cc2)C(C)C)oc(C)c1C(C)=O. The maximum absolute atomic E-state index is 12.6. The van der Waals surface area contributed by atoms with Crippen molar-refractivity contribution in [3.8, 4) is 0 Å². The molecule has 35 heavy (non-hydrogen) atoms. The number of hydrogen-bond acceptors (Lipinski definition) is 8. The van der Waals surface area contributed by atoms with Crippen molar-refractivity contribution >= 4 is 35.4 Å². The number of ether oxygens (including phenoxy) is 2. The van der Waals surface area contributed by atoms with Crippen LogP contribution < -0.4 is 10.6 Å². The summed E-state index contributed by atoms with van der Waals surface area (Å²) in [6.07, 6.45) is 0. The normalized spacial score (nSPS) is 11.5. The van der Waals surface area contributed by atoms with Crippen molar-refractivity contribution in [2.75, 3.05) is 18.5 Å². The lowest BCUT2D eigenvalue weighted by molar-refractivity contribution is -0.150. The van der Waals surface area contributed by atoms with Gasteiger partial charge in [0.05, 0.1) is 12.2 Å². The number of ketones is 1. The summed E-state index contributed by atoms with van der Waals surface area (Å²) in [7, 11) is 0. The first-order chi connectivity index (χ1) is 16.5. The van der Waals surface area contributed by atoms with E-state index in [-0.39, 0.29) is 35.3 Å². The monoisotopic (exact) mass is 486 g/mol. The number of carbonyl (C=O) groups is 5. The highest BCUT2D eigenvalue weighted by Crippen LogP contribution is 2.28. The number of anilines is 1. The van der Waals surface area contributed by atoms with Crippen molar-refractivity contribution < 1.29 is 37.9 Å². The van der Waals surface area contributed by atoms with Crippen LogP contribution in [0, 0.1) is 19.8 Å². The first-order valence-electron chi connectivity index (χ1n) is 11.1. The molecule has 0 spiro atoms. The van der Waals surface area contributed by atoms with E-state index < -0.39 is 42.2 Å². The van der Waals surface area contributed by atoms with Crippen molar-refractivity contribution in [2.45, 2.75) is 47.6 Å². The summed E-state index contributed by atoms with van der Waals surface area (Å²) in [5, 5.41) is 4.96. The van der Waals surface area contributed by atoms with Gasteiger partial charge in [-0.05, 0) is 45.7 Å². The highest BCUT2D eigenvalue weighted by Gasteiger charge is 2.30. The lowest BCUT2D eigenvalue weighted by Crippen LogP contribution is -2.45. The molecule has 0 radical (unpaired) electrons. The zero-order chi connectivity index (χ0) is 26.3. The van der Waals surface area contributed by atoms with Gasteiger partial charge in [0, 0.05) is 5.56 Å². The smallest absolute Gasteiger partial charge is 0.344 e. The summed E-state index contributed by atoms with van der Waals surface area (Å²) < 4.78 is 15.5. The Bertz CT molecular complexity index is 1120. The molecule has 2 N–H and O–H groups in total. The molecule has 2 rings (SSSR count). The van der Waals surface area contributed by atoms with Crippen LogP contribution in [0.15, 0.2) is 28.7 Å². The van der Waals surface area contributed by atoms with E-state index in [0.29, 0.717) is 5.56 Å². The third-order valence-electron chi connectivity index (χ3n) is 5.04. The van der Waals surface area contributed by atoms with E-state index in [1.807, 2.05) is 6.92 Å². The van der Waals surface area contributed by atoms with E-state index in [4.69, 9.17) is 13.9 Å². The van der Waals surface area contributed by atoms with Crippen molar-refractivity contribution in [3.05, 3.63) is 52.3 Å². The average Bonchev–Trinajstić information content (AvgIpc) is 3.11. The molecule has 188 valence electrons. The van der Waals surface area contributed by atoms with Gasteiger partial charge in [-0.2, -0.15) is 0 Å². The minimum Gasteiger partial charge on any atom is -0.462 e. The predicted octanol–water partition coefficient (Wildman–Crippen LogP) is 3.21. The first-order valence-corrected chi connectivity index (χ1v) is 11.1. The minimum atomic E-state index is -0.998. The Morgan fingerprint density at radius 2 is 1.60 bits per heavy atom. The van der Waals surface area contributed by atoms with Crippen LogP contribution in [0.3, 0.4) is 0 Å². The summed E-state index contributed by atoms with van der Waals surface area (Å²) in [6, 6.07) is 5.84. The van der Waals surface area contributed by atoms with Gasteiger partial charge in [0.25, 0.3) is 11.8 Å². The molecule has 0 bridgehead atoms. The molecule has 1 atom stereocenters. The van der Waals surface area contributed by atoms with Gasteiger partial charge in [-0.1, -0.05) is 31.5 Å². The third-order valence-corrected chi connectivity index (χ3v) is 5.04. The Kier molecular flexibility index (Phi) is 9.33. The fourth-order valence-electron chi connectivity index (χ4n) is 3.27. The highest BCUT2D eigenvalue weighted by molar-refractivity contribution is 6.10. The zero-order valence-corrected chi connectivity index (χ0v) is 20.6. The third kappa shape index (κ3) is 7.02. The molecule has 2 aromatic rings. The molecule has 0 saturated heterocycles. The number of hydrogen-bond donors (Lipinski definition) is 2. The van der Waals surface area contributed by atoms with Crippen molar-refractivity contribution in [1.82, 2.24) is 5.32 Å². The number of Topliss-reactive ketones (excluding diaryl/α,β-unsaturated/α-hetero) is 1. The summed E-state index contributed by atoms with van der Waals surface area (Å²) in [4.78, 5) is 61.9. The van der Waals surface area contributed by atoms with Gasteiger partial charge in [-0.15, -0.1) is 0 Å². The van der Waals surface area contributed by atoms with Crippen LogP contribution in [-0.2, 0) is 19.1 Å². The second-order valence-corrected chi connectivity index (χ2v) is 8.23. The van der Waals surface area contributed by atoms with Crippen molar-refractivity contribution in [2.24, 2.45) is 5.92 Å². The van der Waals surface area contributed by atoms with Crippen molar-refractivity contribution in [3.63, 3.8) is 0 Å². The van der Waals surface area contributed by atoms with E-state index in [1.165, 1.54) is 13.8 Å². The van der Waals surface area contributed by atoms with Crippen LogP contribution in [0.1, 0.15) is 70.1 Å². The summed E-state index contributed by atoms with van der Waals surface area (Å²) in [5.74, 6) is -3.80. The zero-order valence-electron chi connectivity index (χ0n) is 20.6. The number of rotatable bonds is 10. The maximum Gasteiger partial charge on any atom is 0.344 e.